The third-order valence-electron chi connectivity index (χ3n) is 10.5. The van der Waals surface area contributed by atoms with Gasteiger partial charge in [0.25, 0.3) is 0 Å². The maximum Gasteiger partial charge on any atom is 0.408 e. The molecule has 0 bridgehead atoms. The maximum absolute atomic E-state index is 14.6. The van der Waals surface area contributed by atoms with E-state index in [4.69, 9.17) is 23.7 Å². The first-order chi connectivity index (χ1) is 30.5. The lowest BCUT2D eigenvalue weighted by atomic mass is 9.85. The van der Waals surface area contributed by atoms with E-state index in [-0.39, 0.29) is 31.9 Å². The highest BCUT2D eigenvalue weighted by molar-refractivity contribution is 5.91. The molecule has 0 aromatic heterocycles. The van der Waals surface area contributed by atoms with Crippen LogP contribution in [0.3, 0.4) is 0 Å². The summed E-state index contributed by atoms with van der Waals surface area (Å²) in [6.45, 7) is 8.76. The number of hydrogen-bond acceptors (Lipinski definition) is 12. The van der Waals surface area contributed by atoms with Crippen molar-refractivity contribution in [2.75, 3.05) is 28.4 Å². The zero-order valence-corrected chi connectivity index (χ0v) is 38.0. The van der Waals surface area contributed by atoms with Gasteiger partial charge in [-0.05, 0) is 58.7 Å². The highest BCUT2D eigenvalue weighted by Gasteiger charge is 2.40. The Morgan fingerprint density at radius 2 is 1.27 bits per heavy atom. The van der Waals surface area contributed by atoms with Gasteiger partial charge in [0.15, 0.2) is 11.5 Å². The minimum atomic E-state index is -1.64. The van der Waals surface area contributed by atoms with Gasteiger partial charge in [0.2, 0.25) is 23.5 Å². The van der Waals surface area contributed by atoms with Crippen LogP contribution in [0.15, 0.2) is 91.0 Å². The van der Waals surface area contributed by atoms with Gasteiger partial charge < -0.3 is 55.2 Å². The van der Waals surface area contributed by atoms with Gasteiger partial charge in [-0.3, -0.25) is 19.7 Å². The molecule has 64 heavy (non-hydrogen) atoms. The quantitative estimate of drug-likeness (QED) is 0.0569. The van der Waals surface area contributed by atoms with Crippen molar-refractivity contribution >= 4 is 23.8 Å². The summed E-state index contributed by atoms with van der Waals surface area (Å²) in [5.74, 6) is -0.912. The number of nitrogens with one attached hydrogen (secondary N) is 5. The second kappa shape index (κ2) is 23.8. The second-order valence-electron chi connectivity index (χ2n) is 16.6. The number of methoxy groups -OCH3 is 4. The van der Waals surface area contributed by atoms with Crippen LogP contribution in [0.2, 0.25) is 0 Å². The molecule has 4 amide bonds. The van der Waals surface area contributed by atoms with Crippen molar-refractivity contribution in [1.29, 1.82) is 0 Å². The van der Waals surface area contributed by atoms with Gasteiger partial charge in [-0.1, -0.05) is 95.3 Å². The Balaban J connectivity index is 1.68. The molecular formula is C48H63N5O11. The lowest BCUT2D eigenvalue weighted by molar-refractivity contribution is -0.134. The van der Waals surface area contributed by atoms with E-state index in [1.54, 1.807) is 58.9 Å². The number of aliphatic hydroxyl groups excluding tert-OH is 1. The van der Waals surface area contributed by atoms with Crippen LogP contribution < -0.4 is 45.5 Å². The molecule has 0 unspecified atom stereocenters. The molecule has 0 saturated heterocycles. The molecule has 16 nitrogen and oxygen atoms in total. The van der Waals surface area contributed by atoms with Crippen molar-refractivity contribution in [1.82, 2.24) is 26.6 Å². The molecule has 4 aromatic rings. The van der Waals surface area contributed by atoms with Crippen molar-refractivity contribution in [3.05, 3.63) is 113 Å². The first-order valence-corrected chi connectivity index (χ1v) is 20.9. The Bertz CT molecular complexity index is 2120. The molecule has 4 rings (SSSR count). The molecule has 0 spiro atoms. The summed E-state index contributed by atoms with van der Waals surface area (Å²) < 4.78 is 27.2. The molecule has 0 saturated carbocycles. The number of carbonyl (C=O) groups excluding carboxylic acids is 4. The van der Waals surface area contributed by atoms with Gasteiger partial charge in [-0.25, -0.2) is 4.79 Å². The summed E-state index contributed by atoms with van der Waals surface area (Å²) in [7, 11) is 5.90. The van der Waals surface area contributed by atoms with Crippen molar-refractivity contribution in [2.24, 2.45) is 11.3 Å². The zero-order chi connectivity index (χ0) is 47.0. The second-order valence-corrected chi connectivity index (χ2v) is 16.6. The molecule has 0 heterocycles. The molecule has 0 radical (unpaired) electrons. The van der Waals surface area contributed by atoms with Gasteiger partial charge in [0.1, 0.15) is 36.2 Å². The smallest absolute Gasteiger partial charge is 0.408 e. The molecule has 0 fully saturated rings. The minimum absolute atomic E-state index is 0.0196. The number of amides is 4. The van der Waals surface area contributed by atoms with E-state index in [0.29, 0.717) is 34.1 Å². The Kier molecular flexibility index (Phi) is 18.6. The van der Waals surface area contributed by atoms with Crippen LogP contribution >= 0.6 is 0 Å². The van der Waals surface area contributed by atoms with E-state index in [1.165, 1.54) is 34.5 Å². The van der Waals surface area contributed by atoms with E-state index in [2.05, 4.69) is 26.6 Å². The van der Waals surface area contributed by atoms with Crippen LogP contribution in [-0.4, -0.2) is 92.7 Å². The van der Waals surface area contributed by atoms with Crippen LogP contribution in [0, 0.1) is 11.3 Å². The summed E-state index contributed by atoms with van der Waals surface area (Å²) in [6, 6.07) is 21.5. The van der Waals surface area contributed by atoms with Crippen LogP contribution in [0.4, 0.5) is 4.79 Å². The highest BCUT2D eigenvalue weighted by atomic mass is 16.5. The number of hydrogen-bond donors (Lipinski definition) is 7. The fourth-order valence-corrected chi connectivity index (χ4v) is 6.91. The lowest BCUT2D eigenvalue weighted by Crippen LogP contribution is -2.63. The average molecular weight is 886 g/mol. The number of carbonyl (C=O) groups is 4. The fraction of sp³-hybridized carbons (Fsp3) is 0.417. The summed E-state index contributed by atoms with van der Waals surface area (Å²) in [5, 5.41) is 37.4. The standard InChI is InChI=1S/C48H63N5O11/c1-29(2)39(44(56)50-27-33-20-21-34(60-6)25-36(33)54)52-45(57)40(49-26-32-23-37(61-7)42(63-9)38(24-32)62-8)41(55)35(22-30-16-12-10-13-17-30)51-46(58)43(48(3,4)5)53-47(59)64-28-31-18-14-11-15-19-31/h10-21,23-25,29,35,39-41,43,49,54-55H,22,26-28H2,1-9H3,(H,50,56)(H,51,58)(H,52,57)(H,53,59)/t35-,39-,40+,41-,43+/m0/s1. The highest BCUT2D eigenvalue weighted by Crippen LogP contribution is 2.38. The summed E-state index contributed by atoms with van der Waals surface area (Å²) in [4.78, 5) is 55.8. The molecule has 0 aliphatic rings. The van der Waals surface area contributed by atoms with E-state index in [9.17, 15) is 29.4 Å². The van der Waals surface area contributed by atoms with Gasteiger partial charge in [0, 0.05) is 24.7 Å². The number of aliphatic hydroxyl groups is 1. The lowest BCUT2D eigenvalue weighted by Gasteiger charge is -2.35. The molecule has 346 valence electrons. The third-order valence-corrected chi connectivity index (χ3v) is 10.5. The maximum atomic E-state index is 14.6. The van der Waals surface area contributed by atoms with Gasteiger partial charge >= 0.3 is 6.09 Å². The van der Waals surface area contributed by atoms with E-state index >= 15 is 0 Å². The molecule has 5 atom stereocenters. The fourth-order valence-electron chi connectivity index (χ4n) is 6.91. The van der Waals surface area contributed by atoms with Crippen LogP contribution in [-0.2, 0) is 45.2 Å². The molecule has 7 N–H and O–H groups in total. The monoisotopic (exact) mass is 885 g/mol. The van der Waals surface area contributed by atoms with Crippen molar-refractivity contribution in [3.63, 3.8) is 0 Å². The van der Waals surface area contributed by atoms with E-state index < -0.39 is 65.4 Å². The number of alkyl carbamates (subject to hydrolysis) is 1. The largest absolute Gasteiger partial charge is 0.507 e. The molecule has 16 heteroatoms. The predicted octanol–water partition coefficient (Wildman–Crippen LogP) is 4.77. The number of phenolic OH excluding ortho intramolecular Hbond substituents is 1. The van der Waals surface area contributed by atoms with Gasteiger partial charge in [-0.2, -0.15) is 0 Å². The van der Waals surface area contributed by atoms with Crippen molar-refractivity contribution in [3.8, 4) is 28.7 Å². The molecule has 0 aliphatic heterocycles. The van der Waals surface area contributed by atoms with Gasteiger partial charge in [-0.15, -0.1) is 0 Å². The Morgan fingerprint density at radius 1 is 0.656 bits per heavy atom. The van der Waals surface area contributed by atoms with Gasteiger partial charge in [0.05, 0.1) is 40.6 Å². The number of rotatable bonds is 22. The topological polar surface area (TPSA) is 215 Å². The molecular weight excluding hydrogens is 823 g/mol. The first kappa shape index (κ1) is 50.1. The zero-order valence-electron chi connectivity index (χ0n) is 38.0. The number of benzene rings is 4. The Hall–Kier alpha value is -6.52. The van der Waals surface area contributed by atoms with Crippen LogP contribution in [0.5, 0.6) is 28.7 Å². The summed E-state index contributed by atoms with van der Waals surface area (Å²) >= 11 is 0. The first-order valence-electron chi connectivity index (χ1n) is 20.9. The van der Waals surface area contributed by atoms with Crippen LogP contribution in [0.1, 0.15) is 56.9 Å². The van der Waals surface area contributed by atoms with Crippen molar-refractivity contribution in [2.45, 2.75) is 91.0 Å². The predicted molar refractivity (Wildman–Crippen MR) is 241 cm³/mol. The van der Waals surface area contributed by atoms with Crippen LogP contribution in [0.25, 0.3) is 0 Å². The van der Waals surface area contributed by atoms with Crippen molar-refractivity contribution < 1.29 is 53.1 Å². The number of ether oxygens (including phenoxy) is 5. The van der Waals surface area contributed by atoms with E-state index in [1.807, 2.05) is 60.7 Å². The Morgan fingerprint density at radius 3 is 1.80 bits per heavy atom. The number of aromatic hydroxyl groups is 1. The number of phenols is 1. The summed E-state index contributed by atoms with van der Waals surface area (Å²) in [6.07, 6.45) is -2.38. The average Bonchev–Trinajstić information content (AvgIpc) is 3.28. The normalized spacial score (nSPS) is 13.6. The Labute approximate surface area is 375 Å². The third kappa shape index (κ3) is 14.3. The molecule has 0 aliphatic carbocycles. The molecule has 4 aromatic carbocycles. The van der Waals surface area contributed by atoms with E-state index in [0.717, 1.165) is 11.1 Å². The summed E-state index contributed by atoms with van der Waals surface area (Å²) in [5.41, 5.74) is 1.68. The SMILES string of the molecule is COc1ccc(CNC(=O)[C@@H](NC(=O)[C@H](NCc2cc(OC)c(OC)c(OC)c2)[C@@H](O)[C@H](Cc2ccccc2)NC(=O)[C@@H](NC(=O)OCc2ccccc2)C(C)(C)C)C(C)C)c(O)c1. The minimum Gasteiger partial charge on any atom is -0.507 e.